The van der Waals surface area contributed by atoms with E-state index in [1.54, 1.807) is 24.3 Å². The summed E-state index contributed by atoms with van der Waals surface area (Å²) in [5, 5.41) is 5.22. The molecular weight excluding hydrogens is 238 g/mol. The molecule has 0 aromatic heterocycles. The molecule has 0 amide bonds. The fraction of sp³-hybridized carbons (Fsp3) is 0.625. The van der Waals surface area contributed by atoms with E-state index >= 15 is 0 Å². The van der Waals surface area contributed by atoms with Gasteiger partial charge in [0.25, 0.3) is 0 Å². The lowest BCUT2D eigenvalue weighted by Crippen LogP contribution is -2.43. The Bertz CT molecular complexity index is 605. The second-order valence-electron chi connectivity index (χ2n) is 5.34. The summed E-state index contributed by atoms with van der Waals surface area (Å²) >= 11 is 0. The van der Waals surface area contributed by atoms with E-state index < -0.39 is 19.6 Å². The molecule has 0 aliphatic heterocycles. The Morgan fingerprint density at radius 3 is 3.32 bits per heavy atom. The Morgan fingerprint density at radius 1 is 1.58 bits per heavy atom. The average Bonchev–Trinajstić information content (AvgIpc) is 2.53. The summed E-state index contributed by atoms with van der Waals surface area (Å²) in [4.78, 5) is 1.29. The monoisotopic (exact) mass is 270 g/mol. The Hall–Kier alpha value is -1.06. The molecule has 3 nitrogen and oxygen atoms in total. The number of hydrogen-bond donors (Lipinski definition) is 1. The number of nitrogens with zero attached hydrogens (tertiary/aromatic N) is 1. The van der Waals surface area contributed by atoms with Gasteiger partial charge in [-0.25, -0.2) is 0 Å². The van der Waals surface area contributed by atoms with Crippen LogP contribution in [-0.4, -0.2) is 39.0 Å². The standard InChI is InChI=1S/C16H25NO2/c1-17(2)12-14-7-4-5-10-16(14,18)13-8-6-9-15(11-13)19-3/h6,8-9,11,14,18H,4-5,7,10,12H2,1-3H3/t14-,16+/m0/s1/i1D3,3D3,18D. The zero-order valence-corrected chi connectivity index (χ0v) is 11.2. The molecule has 0 spiro atoms. The van der Waals surface area contributed by atoms with Crippen molar-refractivity contribution in [3.8, 4) is 5.75 Å². The molecule has 0 unspecified atom stereocenters. The molecule has 3 heteroatoms. The van der Waals surface area contributed by atoms with E-state index in [-0.39, 0.29) is 18.2 Å². The summed E-state index contributed by atoms with van der Waals surface area (Å²) in [5.41, 5.74) is -0.357. The molecule has 0 bridgehead atoms. The van der Waals surface area contributed by atoms with Crippen molar-refractivity contribution < 1.29 is 18.1 Å². The van der Waals surface area contributed by atoms with Crippen LogP contribution < -0.4 is 4.74 Å². The lowest BCUT2D eigenvalue weighted by atomic mass is 9.71. The van der Waals surface area contributed by atoms with Crippen molar-refractivity contribution in [1.29, 1.82) is 1.43 Å². The lowest BCUT2D eigenvalue weighted by molar-refractivity contribution is -0.0619. The third-order valence-electron chi connectivity index (χ3n) is 3.95. The van der Waals surface area contributed by atoms with Crippen LogP contribution in [0.15, 0.2) is 24.3 Å². The Labute approximate surface area is 126 Å². The second-order valence-corrected chi connectivity index (χ2v) is 5.34. The maximum absolute atomic E-state index is 7.75. The number of rotatable bonds is 5. The third kappa shape index (κ3) is 3.10. The van der Waals surface area contributed by atoms with E-state index in [2.05, 4.69) is 0 Å². The highest BCUT2D eigenvalue weighted by atomic mass is 16.5. The minimum atomic E-state index is -2.57. The van der Waals surface area contributed by atoms with Crippen molar-refractivity contribution >= 4 is 0 Å². The van der Waals surface area contributed by atoms with E-state index in [4.69, 9.17) is 19.5 Å². The molecule has 1 aromatic rings. The SMILES string of the molecule is [2H]O[C@@]1(c2cccc(OC([2H])([2H])[2H])c2)CCCC[C@H]1CN(C)C([2H])([2H])[2H]. The molecule has 1 aliphatic carbocycles. The van der Waals surface area contributed by atoms with Crippen LogP contribution in [0.5, 0.6) is 5.75 Å². The molecule has 1 aromatic carbocycles. The molecule has 1 N–H and O–H groups in total. The van der Waals surface area contributed by atoms with Gasteiger partial charge in [-0.1, -0.05) is 25.0 Å². The van der Waals surface area contributed by atoms with Gasteiger partial charge in [-0.2, -0.15) is 0 Å². The van der Waals surface area contributed by atoms with Gasteiger partial charge in [-0.05, 0) is 44.6 Å². The van der Waals surface area contributed by atoms with Gasteiger partial charge in [-0.3, -0.25) is 0 Å². The number of hydrogen-bond acceptors (Lipinski definition) is 3. The molecule has 0 radical (unpaired) electrons. The molecule has 106 valence electrons. The molecule has 1 aliphatic rings. The number of methoxy groups -OCH3 is 1. The lowest BCUT2D eigenvalue weighted by Gasteiger charge is -2.41. The number of benzene rings is 1. The Morgan fingerprint density at radius 2 is 2.53 bits per heavy atom. The van der Waals surface area contributed by atoms with Crippen LogP contribution in [0.2, 0.25) is 0 Å². The van der Waals surface area contributed by atoms with Crippen LogP contribution in [0.4, 0.5) is 0 Å². The predicted octanol–water partition coefficient (Wildman–Crippen LogP) is 2.63. The summed E-state index contributed by atoms with van der Waals surface area (Å²) in [7, 11) is -1.04. The summed E-state index contributed by atoms with van der Waals surface area (Å²) in [6, 6.07) is 6.55. The Balaban J connectivity index is 2.35. The molecular formula is C16H25NO2. The summed E-state index contributed by atoms with van der Waals surface area (Å²) in [5.74, 6) is -0.0328. The normalized spacial score (nSPS) is 34.2. The molecule has 1 saturated carbocycles. The summed E-state index contributed by atoms with van der Waals surface area (Å²) in [6.07, 6.45) is 3.06. The van der Waals surface area contributed by atoms with Gasteiger partial charge in [0.1, 0.15) is 5.75 Å². The van der Waals surface area contributed by atoms with Crippen molar-refractivity contribution in [3.05, 3.63) is 29.8 Å². The van der Waals surface area contributed by atoms with Gasteiger partial charge < -0.3 is 14.7 Å². The minimum Gasteiger partial charge on any atom is -0.497 e. The highest BCUT2D eigenvalue weighted by Gasteiger charge is 2.40. The topological polar surface area (TPSA) is 32.7 Å². The number of ether oxygens (including phenoxy) is 1. The van der Waals surface area contributed by atoms with Gasteiger partial charge in [0.15, 0.2) is 0 Å². The van der Waals surface area contributed by atoms with E-state index in [1.165, 1.54) is 11.9 Å². The van der Waals surface area contributed by atoms with Gasteiger partial charge in [0.05, 0.1) is 16.8 Å². The van der Waals surface area contributed by atoms with E-state index in [0.717, 1.165) is 19.3 Å². The molecule has 0 heterocycles. The van der Waals surface area contributed by atoms with E-state index in [0.29, 0.717) is 12.0 Å². The molecule has 0 saturated heterocycles. The van der Waals surface area contributed by atoms with Crippen LogP contribution >= 0.6 is 0 Å². The van der Waals surface area contributed by atoms with Crippen LogP contribution in [-0.2, 0) is 5.60 Å². The molecule has 19 heavy (non-hydrogen) atoms. The second kappa shape index (κ2) is 5.93. The van der Waals surface area contributed by atoms with Crippen LogP contribution in [0.1, 0.15) is 39.5 Å². The van der Waals surface area contributed by atoms with Crippen LogP contribution in [0.3, 0.4) is 0 Å². The van der Waals surface area contributed by atoms with Crippen LogP contribution in [0.25, 0.3) is 0 Å². The first-order valence-electron chi connectivity index (χ1n) is 10.0. The van der Waals surface area contributed by atoms with Crippen molar-refractivity contribution in [2.75, 3.05) is 27.6 Å². The van der Waals surface area contributed by atoms with E-state index in [9.17, 15) is 0 Å². The smallest absolute Gasteiger partial charge is 0.211 e. The van der Waals surface area contributed by atoms with Crippen LogP contribution in [0, 0.1) is 5.92 Å². The summed E-state index contributed by atoms with van der Waals surface area (Å²) in [6.45, 7) is -1.98. The zero-order valence-electron chi connectivity index (χ0n) is 18.2. The van der Waals surface area contributed by atoms with Gasteiger partial charge in [0.2, 0.25) is 1.43 Å². The maximum Gasteiger partial charge on any atom is 0.211 e. The van der Waals surface area contributed by atoms with Crippen molar-refractivity contribution in [2.24, 2.45) is 5.92 Å². The van der Waals surface area contributed by atoms with Gasteiger partial charge in [0, 0.05) is 16.6 Å². The maximum atomic E-state index is 7.75. The highest BCUT2D eigenvalue weighted by molar-refractivity contribution is 5.33. The fourth-order valence-electron chi connectivity index (χ4n) is 2.99. The van der Waals surface area contributed by atoms with Crippen molar-refractivity contribution in [3.63, 3.8) is 0 Å². The Kier molecular flexibility index (Phi) is 2.39. The largest absolute Gasteiger partial charge is 0.497 e. The van der Waals surface area contributed by atoms with Gasteiger partial charge in [-0.15, -0.1) is 0 Å². The third-order valence-corrected chi connectivity index (χ3v) is 3.95. The van der Waals surface area contributed by atoms with Gasteiger partial charge >= 0.3 is 0 Å². The molecule has 2 atom stereocenters. The van der Waals surface area contributed by atoms with Crippen molar-refractivity contribution in [2.45, 2.75) is 31.3 Å². The first-order valence-corrected chi connectivity index (χ1v) is 6.63. The highest BCUT2D eigenvalue weighted by Crippen LogP contribution is 2.42. The predicted molar refractivity (Wildman–Crippen MR) is 77.4 cm³/mol. The quantitative estimate of drug-likeness (QED) is 0.893. The van der Waals surface area contributed by atoms with E-state index in [1.807, 2.05) is 0 Å². The molecule has 1 fully saturated rings. The average molecular weight is 270 g/mol. The number of aliphatic hydroxyl groups is 1. The minimum absolute atomic E-state index is 0.174. The first kappa shape index (κ1) is 7.65. The zero-order chi connectivity index (χ0) is 19.6. The van der Waals surface area contributed by atoms with Crippen molar-refractivity contribution in [1.82, 2.24) is 4.90 Å². The summed E-state index contributed by atoms with van der Waals surface area (Å²) < 4.78 is 57.2. The molecule has 2 rings (SSSR count). The first-order chi connectivity index (χ1) is 12.0. The fourth-order valence-corrected chi connectivity index (χ4v) is 2.99.